The molecule has 3 heteroatoms. The van der Waals surface area contributed by atoms with Crippen molar-refractivity contribution in [3.63, 3.8) is 0 Å². The molecular weight excluding hydrogens is 178 g/mol. The van der Waals surface area contributed by atoms with Crippen LogP contribution in [0, 0.1) is 0 Å². The third-order valence-corrected chi connectivity index (χ3v) is 1.66. The normalized spacial score (nSPS) is 15.2. The molecule has 0 aromatic heterocycles. The minimum absolute atomic E-state index is 0.351. The predicted octanol–water partition coefficient (Wildman–Crippen LogP) is 1.87. The second kappa shape index (κ2) is 7.09. The van der Waals surface area contributed by atoms with Crippen LogP contribution in [0.25, 0.3) is 0 Å². The first-order valence-electron chi connectivity index (χ1n) is 4.54. The molecule has 0 aliphatic carbocycles. The second-order valence-electron chi connectivity index (χ2n) is 2.92. The molecule has 0 aromatic rings. The number of nitrogens with two attached hydrogens (primary N) is 1. The summed E-state index contributed by atoms with van der Waals surface area (Å²) in [6, 6.07) is -0.831. The Morgan fingerprint density at radius 1 is 1.43 bits per heavy atom. The Morgan fingerprint density at radius 3 is 2.50 bits per heavy atom. The first-order chi connectivity index (χ1) is 6.61. The van der Waals surface area contributed by atoms with Crippen molar-refractivity contribution in [1.82, 2.24) is 0 Å². The van der Waals surface area contributed by atoms with Gasteiger partial charge in [0.2, 0.25) is 0 Å². The van der Waals surface area contributed by atoms with Gasteiger partial charge in [-0.15, -0.1) is 0 Å². The Labute approximate surface area is 84.6 Å². The van der Waals surface area contributed by atoms with Gasteiger partial charge < -0.3 is 10.8 Å². The van der Waals surface area contributed by atoms with E-state index >= 15 is 0 Å². The van der Waals surface area contributed by atoms with E-state index in [1.807, 2.05) is 44.2 Å². The number of hydrogen-bond acceptors (Lipinski definition) is 2. The molecule has 0 fully saturated rings. The highest BCUT2D eigenvalue weighted by molar-refractivity contribution is 5.73. The average molecular weight is 195 g/mol. The molecule has 0 bridgehead atoms. The second-order valence-corrected chi connectivity index (χ2v) is 2.92. The molecule has 78 valence electrons. The zero-order valence-corrected chi connectivity index (χ0v) is 8.60. The molecule has 3 N–H and O–H groups in total. The zero-order chi connectivity index (χ0) is 11.0. The van der Waals surface area contributed by atoms with Crippen molar-refractivity contribution < 1.29 is 9.90 Å². The standard InChI is InChI=1S/C11H17NO2/c1-3-5-7-9(6-4-2)8-10(12)11(13)14/h3-7,10H,8,12H2,1-2H3,(H,13,14)/b5-3-,6-4-,9-7+/t10-/m0/s1. The van der Waals surface area contributed by atoms with Gasteiger partial charge in [-0.1, -0.05) is 30.4 Å². The van der Waals surface area contributed by atoms with Crippen molar-refractivity contribution in [3.05, 3.63) is 36.0 Å². The van der Waals surface area contributed by atoms with Crippen LogP contribution in [0.5, 0.6) is 0 Å². The highest BCUT2D eigenvalue weighted by Crippen LogP contribution is 2.06. The molecule has 0 radical (unpaired) electrons. The lowest BCUT2D eigenvalue weighted by Crippen LogP contribution is -2.30. The average Bonchev–Trinajstić information content (AvgIpc) is 2.14. The van der Waals surface area contributed by atoms with Crippen molar-refractivity contribution in [2.24, 2.45) is 5.73 Å². The minimum Gasteiger partial charge on any atom is -0.480 e. The molecule has 0 saturated heterocycles. The number of carboxylic acids is 1. The summed E-state index contributed by atoms with van der Waals surface area (Å²) >= 11 is 0. The van der Waals surface area contributed by atoms with Crippen LogP contribution in [-0.2, 0) is 4.79 Å². The molecule has 3 nitrogen and oxygen atoms in total. The summed E-state index contributed by atoms with van der Waals surface area (Å²) in [5.41, 5.74) is 6.34. The molecular formula is C11H17NO2. The lowest BCUT2D eigenvalue weighted by Gasteiger charge is -2.06. The van der Waals surface area contributed by atoms with E-state index in [1.54, 1.807) is 0 Å². The fourth-order valence-electron chi connectivity index (χ4n) is 0.967. The lowest BCUT2D eigenvalue weighted by atomic mass is 10.1. The zero-order valence-electron chi connectivity index (χ0n) is 8.60. The Balaban J connectivity index is 4.45. The highest BCUT2D eigenvalue weighted by atomic mass is 16.4. The maximum Gasteiger partial charge on any atom is 0.320 e. The maximum absolute atomic E-state index is 10.5. The van der Waals surface area contributed by atoms with E-state index in [-0.39, 0.29) is 0 Å². The quantitative estimate of drug-likeness (QED) is 0.658. The molecule has 0 unspecified atom stereocenters. The third kappa shape index (κ3) is 5.32. The van der Waals surface area contributed by atoms with Crippen molar-refractivity contribution in [2.75, 3.05) is 0 Å². The molecule has 0 aromatic carbocycles. The monoisotopic (exact) mass is 195 g/mol. The maximum atomic E-state index is 10.5. The molecule has 14 heavy (non-hydrogen) atoms. The van der Waals surface area contributed by atoms with Crippen molar-refractivity contribution in [2.45, 2.75) is 26.3 Å². The first-order valence-corrected chi connectivity index (χ1v) is 4.54. The Kier molecular flexibility index (Phi) is 6.41. The number of aliphatic carboxylic acids is 1. The van der Waals surface area contributed by atoms with Crippen LogP contribution >= 0.6 is 0 Å². The van der Waals surface area contributed by atoms with Crippen LogP contribution in [0.2, 0.25) is 0 Å². The van der Waals surface area contributed by atoms with E-state index in [9.17, 15) is 4.79 Å². The number of allylic oxidation sites excluding steroid dienone is 5. The van der Waals surface area contributed by atoms with Gasteiger partial charge in [-0.05, 0) is 25.8 Å². The molecule has 0 rings (SSSR count). The minimum atomic E-state index is -0.971. The van der Waals surface area contributed by atoms with Crippen molar-refractivity contribution >= 4 is 5.97 Å². The topological polar surface area (TPSA) is 63.3 Å². The molecule has 0 spiro atoms. The van der Waals surface area contributed by atoms with Crippen LogP contribution in [0.4, 0.5) is 0 Å². The van der Waals surface area contributed by atoms with E-state index in [0.717, 1.165) is 5.57 Å². The van der Waals surface area contributed by atoms with E-state index in [2.05, 4.69) is 0 Å². The summed E-state index contributed by atoms with van der Waals surface area (Å²) in [6.45, 7) is 3.79. The van der Waals surface area contributed by atoms with Gasteiger partial charge in [-0.2, -0.15) is 0 Å². The number of carbonyl (C=O) groups is 1. The summed E-state index contributed by atoms with van der Waals surface area (Å²) < 4.78 is 0. The van der Waals surface area contributed by atoms with Gasteiger partial charge in [0.05, 0.1) is 0 Å². The van der Waals surface area contributed by atoms with E-state index in [1.165, 1.54) is 0 Å². The molecule has 0 aliphatic rings. The van der Waals surface area contributed by atoms with E-state index in [0.29, 0.717) is 6.42 Å². The van der Waals surface area contributed by atoms with Gasteiger partial charge in [0.1, 0.15) is 6.04 Å². The van der Waals surface area contributed by atoms with Gasteiger partial charge in [-0.25, -0.2) is 0 Å². The smallest absolute Gasteiger partial charge is 0.320 e. The van der Waals surface area contributed by atoms with Crippen LogP contribution in [-0.4, -0.2) is 17.1 Å². The summed E-state index contributed by atoms with van der Waals surface area (Å²) in [4.78, 5) is 10.5. The van der Waals surface area contributed by atoms with E-state index in [4.69, 9.17) is 10.8 Å². The number of rotatable bonds is 5. The van der Waals surface area contributed by atoms with Crippen LogP contribution in [0.3, 0.4) is 0 Å². The molecule has 0 amide bonds. The predicted molar refractivity (Wildman–Crippen MR) is 57.9 cm³/mol. The number of hydrogen-bond donors (Lipinski definition) is 2. The lowest BCUT2D eigenvalue weighted by molar-refractivity contribution is -0.138. The third-order valence-electron chi connectivity index (χ3n) is 1.66. The molecule has 0 heterocycles. The van der Waals surface area contributed by atoms with E-state index < -0.39 is 12.0 Å². The summed E-state index contributed by atoms with van der Waals surface area (Å²) in [5.74, 6) is -0.971. The van der Waals surface area contributed by atoms with Crippen LogP contribution in [0.15, 0.2) is 36.0 Å². The fourth-order valence-corrected chi connectivity index (χ4v) is 0.967. The Morgan fingerprint density at radius 2 is 2.07 bits per heavy atom. The SMILES string of the molecule is C\C=C/C=C(\C=C/C)C[C@H](N)C(=O)O. The van der Waals surface area contributed by atoms with Crippen LogP contribution in [0.1, 0.15) is 20.3 Å². The Hall–Kier alpha value is -1.35. The van der Waals surface area contributed by atoms with Gasteiger partial charge in [0, 0.05) is 0 Å². The summed E-state index contributed by atoms with van der Waals surface area (Å²) in [5, 5.41) is 8.63. The highest BCUT2D eigenvalue weighted by Gasteiger charge is 2.11. The summed E-state index contributed by atoms with van der Waals surface area (Å²) in [6.07, 6.45) is 9.69. The van der Waals surface area contributed by atoms with Gasteiger partial charge in [0.15, 0.2) is 0 Å². The molecule has 0 saturated carbocycles. The number of carboxylic acid groups (broad SMARTS) is 1. The van der Waals surface area contributed by atoms with Gasteiger partial charge in [0.25, 0.3) is 0 Å². The van der Waals surface area contributed by atoms with Gasteiger partial charge >= 0.3 is 5.97 Å². The first kappa shape index (κ1) is 12.7. The van der Waals surface area contributed by atoms with Gasteiger partial charge in [-0.3, -0.25) is 4.79 Å². The summed E-state index contributed by atoms with van der Waals surface area (Å²) in [7, 11) is 0. The largest absolute Gasteiger partial charge is 0.480 e. The molecule has 0 aliphatic heterocycles. The fraction of sp³-hybridized carbons (Fsp3) is 0.364. The molecule has 1 atom stereocenters. The van der Waals surface area contributed by atoms with Crippen molar-refractivity contribution in [3.8, 4) is 0 Å². The van der Waals surface area contributed by atoms with Crippen molar-refractivity contribution in [1.29, 1.82) is 0 Å². The van der Waals surface area contributed by atoms with Crippen LogP contribution < -0.4 is 5.73 Å². The Bertz CT molecular complexity index is 264.